The highest BCUT2D eigenvalue weighted by atomic mass is 16.3. The molecule has 1 aromatic rings. The van der Waals surface area contributed by atoms with Crippen LogP contribution in [-0.4, -0.2) is 43.4 Å². The van der Waals surface area contributed by atoms with Gasteiger partial charge in [0.05, 0.1) is 6.61 Å². The zero-order chi connectivity index (χ0) is 11.4. The third kappa shape index (κ3) is 2.51. The van der Waals surface area contributed by atoms with Crippen LogP contribution >= 0.6 is 0 Å². The number of aliphatic hydroxyl groups excluding tert-OH is 1. The summed E-state index contributed by atoms with van der Waals surface area (Å²) in [5, 5.41) is 12.3. The van der Waals surface area contributed by atoms with Gasteiger partial charge in [-0.05, 0) is 24.6 Å². The van der Waals surface area contributed by atoms with Crippen LogP contribution < -0.4 is 10.2 Å². The Morgan fingerprint density at radius 2 is 2.19 bits per heavy atom. The number of pyridine rings is 1. The molecule has 0 fully saturated rings. The highest BCUT2D eigenvalue weighted by molar-refractivity contribution is 5.41. The van der Waals surface area contributed by atoms with Gasteiger partial charge in [0.25, 0.3) is 0 Å². The largest absolute Gasteiger partial charge is 0.395 e. The van der Waals surface area contributed by atoms with E-state index >= 15 is 0 Å². The van der Waals surface area contributed by atoms with E-state index < -0.39 is 0 Å². The van der Waals surface area contributed by atoms with Crippen molar-refractivity contribution < 1.29 is 5.11 Å². The first-order valence-electron chi connectivity index (χ1n) is 5.83. The molecule has 0 saturated heterocycles. The van der Waals surface area contributed by atoms with E-state index in [-0.39, 0.29) is 6.61 Å². The van der Waals surface area contributed by atoms with E-state index in [0.29, 0.717) is 6.54 Å². The third-order valence-corrected chi connectivity index (χ3v) is 2.99. The minimum absolute atomic E-state index is 0.164. The molecule has 1 aliphatic rings. The average Bonchev–Trinajstić information content (AvgIpc) is 2.53. The lowest BCUT2D eigenvalue weighted by atomic mass is 10.1. The van der Waals surface area contributed by atoms with Crippen LogP contribution in [0, 0.1) is 0 Å². The molecule has 2 heterocycles. The fraction of sp³-hybridized carbons (Fsp3) is 0.583. The minimum Gasteiger partial charge on any atom is -0.395 e. The fourth-order valence-electron chi connectivity index (χ4n) is 1.99. The van der Waals surface area contributed by atoms with Crippen LogP contribution in [-0.2, 0) is 12.8 Å². The van der Waals surface area contributed by atoms with Gasteiger partial charge in [0.1, 0.15) is 5.82 Å². The third-order valence-electron chi connectivity index (χ3n) is 2.99. The Morgan fingerprint density at radius 3 is 3.00 bits per heavy atom. The second kappa shape index (κ2) is 5.27. The Hall–Kier alpha value is -1.13. The van der Waals surface area contributed by atoms with Gasteiger partial charge in [0.15, 0.2) is 0 Å². The normalized spacial score (nSPS) is 15.4. The first-order valence-corrected chi connectivity index (χ1v) is 5.83. The number of rotatable bonds is 3. The van der Waals surface area contributed by atoms with Crippen molar-refractivity contribution in [2.75, 3.05) is 38.2 Å². The van der Waals surface area contributed by atoms with E-state index in [4.69, 9.17) is 5.11 Å². The summed E-state index contributed by atoms with van der Waals surface area (Å²) in [7, 11) is 1.96. The lowest BCUT2D eigenvalue weighted by Crippen LogP contribution is -2.22. The van der Waals surface area contributed by atoms with Crippen LogP contribution in [0.3, 0.4) is 0 Å². The van der Waals surface area contributed by atoms with E-state index in [9.17, 15) is 0 Å². The predicted molar refractivity (Wildman–Crippen MR) is 64.9 cm³/mol. The molecule has 2 N–H and O–H groups in total. The van der Waals surface area contributed by atoms with Gasteiger partial charge in [0, 0.05) is 32.3 Å². The number of aliphatic hydroxyl groups is 1. The van der Waals surface area contributed by atoms with Gasteiger partial charge in [-0.25, -0.2) is 4.98 Å². The maximum Gasteiger partial charge on any atom is 0.128 e. The van der Waals surface area contributed by atoms with Crippen molar-refractivity contribution in [2.45, 2.75) is 12.8 Å². The van der Waals surface area contributed by atoms with E-state index in [2.05, 4.69) is 16.4 Å². The molecular weight excluding hydrogens is 202 g/mol. The first-order chi connectivity index (χ1) is 7.81. The Bertz CT molecular complexity index is 354. The van der Waals surface area contributed by atoms with Gasteiger partial charge >= 0.3 is 0 Å². The molecule has 0 unspecified atom stereocenters. The van der Waals surface area contributed by atoms with Gasteiger partial charge in [-0.15, -0.1) is 0 Å². The maximum absolute atomic E-state index is 8.90. The Morgan fingerprint density at radius 1 is 1.38 bits per heavy atom. The summed E-state index contributed by atoms with van der Waals surface area (Å²) < 4.78 is 0. The lowest BCUT2D eigenvalue weighted by Gasteiger charge is -2.18. The number of nitrogens with one attached hydrogen (secondary N) is 1. The summed E-state index contributed by atoms with van der Waals surface area (Å²) >= 11 is 0. The Kier molecular flexibility index (Phi) is 3.74. The van der Waals surface area contributed by atoms with Crippen LogP contribution in [0.1, 0.15) is 11.3 Å². The van der Waals surface area contributed by atoms with E-state index in [1.165, 1.54) is 11.3 Å². The van der Waals surface area contributed by atoms with Crippen molar-refractivity contribution >= 4 is 5.82 Å². The number of hydrogen-bond acceptors (Lipinski definition) is 4. The molecule has 0 spiro atoms. The molecule has 0 aromatic carbocycles. The Balaban J connectivity index is 2.20. The van der Waals surface area contributed by atoms with Gasteiger partial charge in [0.2, 0.25) is 0 Å². The summed E-state index contributed by atoms with van der Waals surface area (Å²) in [6.07, 6.45) is 2.06. The van der Waals surface area contributed by atoms with Crippen LogP contribution in [0.15, 0.2) is 12.1 Å². The second-order valence-corrected chi connectivity index (χ2v) is 4.17. The Labute approximate surface area is 96.3 Å². The van der Waals surface area contributed by atoms with Crippen molar-refractivity contribution in [1.82, 2.24) is 10.3 Å². The molecule has 0 aliphatic carbocycles. The maximum atomic E-state index is 8.90. The van der Waals surface area contributed by atoms with Crippen molar-refractivity contribution in [1.29, 1.82) is 0 Å². The SMILES string of the molecule is CN(CCO)c1ccc2c(n1)CCNCC2. The minimum atomic E-state index is 0.164. The smallest absolute Gasteiger partial charge is 0.128 e. The molecule has 1 aromatic heterocycles. The molecule has 0 radical (unpaired) electrons. The van der Waals surface area contributed by atoms with Crippen molar-refractivity contribution in [3.8, 4) is 0 Å². The number of hydrogen-bond donors (Lipinski definition) is 2. The standard InChI is InChI=1S/C12H19N3O/c1-15(8-9-16)12-3-2-10-4-6-13-7-5-11(10)14-12/h2-3,13,16H,4-9H2,1H3. The average molecular weight is 221 g/mol. The van der Waals surface area contributed by atoms with Crippen molar-refractivity contribution in [3.63, 3.8) is 0 Å². The molecule has 0 amide bonds. The van der Waals surface area contributed by atoms with Crippen molar-refractivity contribution in [3.05, 3.63) is 23.4 Å². The van der Waals surface area contributed by atoms with Crippen molar-refractivity contribution in [2.24, 2.45) is 0 Å². The van der Waals surface area contributed by atoms with Gasteiger partial charge < -0.3 is 15.3 Å². The zero-order valence-corrected chi connectivity index (χ0v) is 9.74. The molecule has 88 valence electrons. The molecule has 1 aliphatic heterocycles. The number of fused-ring (bicyclic) bond motifs is 1. The second-order valence-electron chi connectivity index (χ2n) is 4.17. The molecule has 0 saturated carbocycles. The molecule has 2 rings (SSSR count). The van der Waals surface area contributed by atoms with Crippen LogP contribution in [0.2, 0.25) is 0 Å². The summed E-state index contributed by atoms with van der Waals surface area (Å²) in [4.78, 5) is 6.65. The van der Waals surface area contributed by atoms with Crippen LogP contribution in [0.25, 0.3) is 0 Å². The summed E-state index contributed by atoms with van der Waals surface area (Å²) in [5.74, 6) is 0.953. The number of likely N-dealkylation sites (N-methyl/N-ethyl adjacent to an activating group) is 1. The zero-order valence-electron chi connectivity index (χ0n) is 9.74. The quantitative estimate of drug-likeness (QED) is 0.765. The topological polar surface area (TPSA) is 48.4 Å². The molecule has 4 heteroatoms. The van der Waals surface area contributed by atoms with Crippen LogP contribution in [0.4, 0.5) is 5.82 Å². The molecule has 16 heavy (non-hydrogen) atoms. The van der Waals surface area contributed by atoms with Gasteiger partial charge in [-0.2, -0.15) is 0 Å². The van der Waals surface area contributed by atoms with E-state index in [1.807, 2.05) is 18.0 Å². The lowest BCUT2D eigenvalue weighted by molar-refractivity contribution is 0.304. The van der Waals surface area contributed by atoms with Gasteiger partial charge in [-0.1, -0.05) is 6.07 Å². The number of anilines is 1. The monoisotopic (exact) mass is 221 g/mol. The summed E-state index contributed by atoms with van der Waals surface area (Å²) in [6, 6.07) is 4.21. The first kappa shape index (κ1) is 11.4. The summed E-state index contributed by atoms with van der Waals surface area (Å²) in [6.45, 7) is 2.84. The van der Waals surface area contributed by atoms with E-state index in [1.54, 1.807) is 0 Å². The predicted octanol–water partition coefficient (Wildman–Crippen LogP) is 0.198. The number of nitrogens with zero attached hydrogens (tertiary/aromatic N) is 2. The van der Waals surface area contributed by atoms with Gasteiger partial charge in [-0.3, -0.25) is 0 Å². The summed E-state index contributed by atoms with van der Waals surface area (Å²) in [5.41, 5.74) is 2.55. The molecular formula is C12H19N3O. The highest BCUT2D eigenvalue weighted by Gasteiger charge is 2.10. The molecule has 4 nitrogen and oxygen atoms in total. The molecule has 0 atom stereocenters. The molecule has 0 bridgehead atoms. The number of aromatic nitrogens is 1. The highest BCUT2D eigenvalue weighted by Crippen LogP contribution is 2.16. The van der Waals surface area contributed by atoms with Crippen LogP contribution in [0.5, 0.6) is 0 Å². The van der Waals surface area contributed by atoms with E-state index in [0.717, 1.165) is 31.7 Å². The fourth-order valence-corrected chi connectivity index (χ4v) is 1.99.